The molecule has 1 saturated heterocycles. The SMILES string of the molecule is CCCC(=O)OC1CC2C(=O)NC(=O)C12. The Morgan fingerprint density at radius 2 is 2.20 bits per heavy atom. The summed E-state index contributed by atoms with van der Waals surface area (Å²) < 4.78 is 5.11. The molecule has 0 aromatic heterocycles. The van der Waals surface area contributed by atoms with E-state index in [1.54, 1.807) is 0 Å². The summed E-state index contributed by atoms with van der Waals surface area (Å²) in [5.74, 6) is -1.51. The number of fused-ring (bicyclic) bond motifs is 1. The molecule has 2 aliphatic rings. The fraction of sp³-hybridized carbons (Fsp3) is 0.700. The van der Waals surface area contributed by atoms with E-state index in [1.165, 1.54) is 0 Å². The lowest BCUT2D eigenvalue weighted by molar-refractivity contribution is -0.165. The minimum absolute atomic E-state index is 0.229. The largest absolute Gasteiger partial charge is 0.461 e. The predicted molar refractivity (Wildman–Crippen MR) is 49.5 cm³/mol. The van der Waals surface area contributed by atoms with E-state index in [0.717, 1.165) is 6.42 Å². The van der Waals surface area contributed by atoms with E-state index in [9.17, 15) is 14.4 Å². The second kappa shape index (κ2) is 3.64. The number of esters is 1. The normalized spacial score (nSPS) is 33.0. The molecule has 0 bridgehead atoms. The Bertz CT molecular complexity index is 325. The van der Waals surface area contributed by atoms with Crippen LogP contribution in [0, 0.1) is 11.8 Å². The quantitative estimate of drug-likeness (QED) is 0.526. The lowest BCUT2D eigenvalue weighted by atomic mass is 9.72. The summed E-state index contributed by atoms with van der Waals surface area (Å²) in [5, 5.41) is 2.24. The fourth-order valence-electron chi connectivity index (χ4n) is 2.08. The number of carbonyl (C=O) groups excluding carboxylic acids is 3. The van der Waals surface area contributed by atoms with E-state index in [-0.39, 0.29) is 29.8 Å². The van der Waals surface area contributed by atoms with Crippen LogP contribution < -0.4 is 5.32 Å². The van der Waals surface area contributed by atoms with Crippen LogP contribution in [-0.2, 0) is 19.1 Å². The van der Waals surface area contributed by atoms with Crippen LogP contribution in [0.4, 0.5) is 0 Å². The van der Waals surface area contributed by atoms with Crippen LogP contribution in [0.1, 0.15) is 26.2 Å². The molecule has 2 fully saturated rings. The van der Waals surface area contributed by atoms with Gasteiger partial charge in [-0.2, -0.15) is 0 Å². The van der Waals surface area contributed by atoms with Gasteiger partial charge in [-0.1, -0.05) is 6.92 Å². The first-order valence-electron chi connectivity index (χ1n) is 5.17. The first kappa shape index (κ1) is 10.1. The monoisotopic (exact) mass is 211 g/mol. The maximum absolute atomic E-state index is 11.3. The van der Waals surface area contributed by atoms with E-state index in [1.807, 2.05) is 6.92 Å². The van der Waals surface area contributed by atoms with Gasteiger partial charge in [-0.05, 0) is 12.8 Å². The van der Waals surface area contributed by atoms with Crippen molar-refractivity contribution in [2.75, 3.05) is 0 Å². The Hall–Kier alpha value is -1.39. The molecule has 2 amide bonds. The number of carbonyl (C=O) groups is 3. The number of hydrogen-bond acceptors (Lipinski definition) is 4. The number of amides is 2. The molecule has 1 N–H and O–H groups in total. The molecular weight excluding hydrogens is 198 g/mol. The summed E-state index contributed by atoms with van der Waals surface area (Å²) in [6.07, 6.45) is 1.19. The minimum atomic E-state index is -0.432. The second-order valence-electron chi connectivity index (χ2n) is 4.00. The van der Waals surface area contributed by atoms with Crippen molar-refractivity contribution in [1.29, 1.82) is 0 Å². The van der Waals surface area contributed by atoms with Crippen molar-refractivity contribution in [3.8, 4) is 0 Å². The van der Waals surface area contributed by atoms with Crippen molar-refractivity contribution < 1.29 is 19.1 Å². The van der Waals surface area contributed by atoms with Gasteiger partial charge in [0.15, 0.2) is 0 Å². The van der Waals surface area contributed by atoms with Crippen LogP contribution in [0.5, 0.6) is 0 Å². The van der Waals surface area contributed by atoms with E-state index < -0.39 is 5.92 Å². The van der Waals surface area contributed by atoms with E-state index in [2.05, 4.69) is 5.32 Å². The summed E-state index contributed by atoms with van der Waals surface area (Å²) >= 11 is 0. The van der Waals surface area contributed by atoms with Crippen LogP contribution >= 0.6 is 0 Å². The van der Waals surface area contributed by atoms with Crippen molar-refractivity contribution in [2.24, 2.45) is 11.8 Å². The average Bonchev–Trinajstić information content (AvgIpc) is 2.32. The molecule has 15 heavy (non-hydrogen) atoms. The van der Waals surface area contributed by atoms with E-state index >= 15 is 0 Å². The molecule has 3 unspecified atom stereocenters. The maximum Gasteiger partial charge on any atom is 0.306 e. The number of imide groups is 1. The number of rotatable bonds is 3. The molecule has 1 heterocycles. The molecule has 0 radical (unpaired) electrons. The van der Waals surface area contributed by atoms with Gasteiger partial charge in [-0.15, -0.1) is 0 Å². The van der Waals surface area contributed by atoms with Gasteiger partial charge in [0.25, 0.3) is 0 Å². The molecule has 5 nitrogen and oxygen atoms in total. The molecule has 0 aromatic carbocycles. The van der Waals surface area contributed by atoms with Gasteiger partial charge in [0, 0.05) is 6.42 Å². The maximum atomic E-state index is 11.3. The third-order valence-electron chi connectivity index (χ3n) is 2.94. The van der Waals surface area contributed by atoms with Gasteiger partial charge in [-0.25, -0.2) is 0 Å². The lowest BCUT2D eigenvalue weighted by Crippen LogP contribution is -2.46. The Balaban J connectivity index is 1.91. The molecular formula is C10H13NO4. The number of hydrogen-bond donors (Lipinski definition) is 1. The van der Waals surface area contributed by atoms with Crippen LogP contribution in [0.25, 0.3) is 0 Å². The second-order valence-corrected chi connectivity index (χ2v) is 4.00. The highest BCUT2D eigenvalue weighted by molar-refractivity contribution is 6.06. The van der Waals surface area contributed by atoms with E-state index in [4.69, 9.17) is 4.74 Å². The molecule has 0 aromatic rings. The molecule has 1 saturated carbocycles. The summed E-state index contributed by atoms with van der Waals surface area (Å²) in [6, 6.07) is 0. The van der Waals surface area contributed by atoms with Crippen LogP contribution in [0.2, 0.25) is 0 Å². The van der Waals surface area contributed by atoms with Crippen LogP contribution in [0.3, 0.4) is 0 Å². The smallest absolute Gasteiger partial charge is 0.306 e. The Kier molecular flexibility index (Phi) is 2.46. The van der Waals surface area contributed by atoms with E-state index in [0.29, 0.717) is 12.8 Å². The average molecular weight is 211 g/mol. The third kappa shape index (κ3) is 1.62. The Morgan fingerprint density at radius 1 is 1.47 bits per heavy atom. The Morgan fingerprint density at radius 3 is 2.80 bits per heavy atom. The van der Waals surface area contributed by atoms with Gasteiger partial charge in [-0.3, -0.25) is 19.7 Å². The zero-order valence-electron chi connectivity index (χ0n) is 8.49. The summed E-state index contributed by atoms with van der Waals surface area (Å²) in [5.41, 5.74) is 0. The lowest BCUT2D eigenvalue weighted by Gasteiger charge is -2.35. The topological polar surface area (TPSA) is 72.5 Å². The van der Waals surface area contributed by atoms with Gasteiger partial charge in [0.2, 0.25) is 11.8 Å². The molecule has 1 aliphatic carbocycles. The van der Waals surface area contributed by atoms with Gasteiger partial charge < -0.3 is 4.74 Å². The highest BCUT2D eigenvalue weighted by Crippen LogP contribution is 2.40. The molecule has 82 valence electrons. The number of nitrogens with one attached hydrogen (secondary N) is 1. The summed E-state index contributed by atoms with van der Waals surface area (Å²) in [6.45, 7) is 1.89. The molecule has 0 spiro atoms. The molecule has 1 aliphatic heterocycles. The zero-order chi connectivity index (χ0) is 11.0. The summed E-state index contributed by atoms with van der Waals surface area (Å²) in [4.78, 5) is 33.6. The molecule has 3 atom stereocenters. The van der Waals surface area contributed by atoms with Crippen LogP contribution in [0.15, 0.2) is 0 Å². The van der Waals surface area contributed by atoms with Crippen molar-refractivity contribution in [3.63, 3.8) is 0 Å². The van der Waals surface area contributed by atoms with Crippen molar-refractivity contribution in [1.82, 2.24) is 5.32 Å². The standard InChI is InChI=1S/C10H13NO4/c1-2-3-7(12)15-6-4-5-8(6)10(14)11-9(5)13/h5-6,8H,2-4H2,1H3,(H,11,13,14). The third-order valence-corrected chi connectivity index (χ3v) is 2.94. The highest BCUT2D eigenvalue weighted by Gasteiger charge is 2.56. The van der Waals surface area contributed by atoms with Crippen molar-refractivity contribution >= 4 is 17.8 Å². The minimum Gasteiger partial charge on any atom is -0.461 e. The van der Waals surface area contributed by atoms with Crippen LogP contribution in [-0.4, -0.2) is 23.9 Å². The Labute approximate surface area is 87.2 Å². The van der Waals surface area contributed by atoms with Gasteiger partial charge >= 0.3 is 5.97 Å². The highest BCUT2D eigenvalue weighted by atomic mass is 16.5. The fourth-order valence-corrected chi connectivity index (χ4v) is 2.08. The zero-order valence-corrected chi connectivity index (χ0v) is 8.49. The summed E-state index contributed by atoms with van der Waals surface area (Å²) in [7, 11) is 0. The number of ether oxygens (including phenoxy) is 1. The van der Waals surface area contributed by atoms with Gasteiger partial charge in [0.05, 0.1) is 11.8 Å². The first-order chi connectivity index (χ1) is 7.13. The molecule has 5 heteroatoms. The first-order valence-corrected chi connectivity index (χ1v) is 5.17. The van der Waals surface area contributed by atoms with Crippen molar-refractivity contribution in [3.05, 3.63) is 0 Å². The molecule has 2 rings (SSSR count). The van der Waals surface area contributed by atoms with Gasteiger partial charge in [0.1, 0.15) is 6.10 Å². The van der Waals surface area contributed by atoms with Crippen molar-refractivity contribution in [2.45, 2.75) is 32.3 Å². The predicted octanol–water partition coefficient (Wildman–Crippen LogP) is -0.00920.